The van der Waals surface area contributed by atoms with Crippen LogP contribution in [0.4, 0.5) is 0 Å². The third-order valence-corrected chi connectivity index (χ3v) is 3.30. The Kier molecular flexibility index (Phi) is 3.29. The average Bonchev–Trinajstić information content (AvgIpc) is 2.14. The van der Waals surface area contributed by atoms with Crippen molar-refractivity contribution in [3.63, 3.8) is 0 Å². The molecular weight excluding hydrogens is 172 g/mol. The topological polar surface area (TPSA) is 23.6 Å². The van der Waals surface area contributed by atoms with Gasteiger partial charge in [0.2, 0.25) is 0 Å². The Morgan fingerprint density at radius 3 is 2.58 bits per heavy atom. The van der Waals surface area contributed by atoms with Crippen LogP contribution >= 0.6 is 0 Å². The van der Waals surface area contributed by atoms with Gasteiger partial charge in [-0.2, -0.15) is 0 Å². The lowest BCUT2D eigenvalue weighted by molar-refractivity contribution is 0.0537. The summed E-state index contributed by atoms with van der Waals surface area (Å²) < 4.78 is 11.2. The lowest BCUT2D eigenvalue weighted by Gasteiger charge is -2.31. The first-order chi connectivity index (χ1) is 5.61. The standard InChI is InChI=1S/C8H16N2OS/c1-8(2)10-5-7-12(11)6-4-9(10)3/h1,4-7H2,2-3H3. The fourth-order valence-electron chi connectivity index (χ4n) is 1.30. The normalized spacial score (nSPS) is 26.8. The van der Waals surface area contributed by atoms with E-state index >= 15 is 0 Å². The van der Waals surface area contributed by atoms with Gasteiger partial charge in [0.25, 0.3) is 0 Å². The SMILES string of the molecule is C=C(C)N1CCS(=O)CCN1C. The molecule has 1 rings (SSSR count). The molecule has 1 heterocycles. The average molecular weight is 188 g/mol. The predicted octanol–water partition coefficient (Wildman–Crippen LogP) is 0.431. The highest BCUT2D eigenvalue weighted by molar-refractivity contribution is 7.85. The molecule has 12 heavy (non-hydrogen) atoms. The van der Waals surface area contributed by atoms with Crippen LogP contribution in [0.15, 0.2) is 12.3 Å². The first kappa shape index (κ1) is 9.74. The fourth-order valence-corrected chi connectivity index (χ4v) is 2.35. The van der Waals surface area contributed by atoms with Crippen LogP contribution in [0.5, 0.6) is 0 Å². The van der Waals surface area contributed by atoms with Crippen molar-refractivity contribution in [3.8, 4) is 0 Å². The van der Waals surface area contributed by atoms with Crippen LogP contribution < -0.4 is 0 Å². The summed E-state index contributed by atoms with van der Waals surface area (Å²) in [5.74, 6) is 1.54. The van der Waals surface area contributed by atoms with Crippen molar-refractivity contribution in [1.82, 2.24) is 10.0 Å². The zero-order chi connectivity index (χ0) is 9.14. The van der Waals surface area contributed by atoms with Crippen molar-refractivity contribution < 1.29 is 4.21 Å². The van der Waals surface area contributed by atoms with Gasteiger partial charge in [-0.3, -0.25) is 4.21 Å². The van der Waals surface area contributed by atoms with Gasteiger partial charge in [0.1, 0.15) is 0 Å². The number of allylic oxidation sites excluding steroid dienone is 1. The van der Waals surface area contributed by atoms with E-state index in [1.165, 1.54) is 0 Å². The molecule has 0 N–H and O–H groups in total. The van der Waals surface area contributed by atoms with E-state index in [9.17, 15) is 4.21 Å². The molecule has 0 aromatic carbocycles. The van der Waals surface area contributed by atoms with E-state index in [1.54, 1.807) is 0 Å². The zero-order valence-electron chi connectivity index (χ0n) is 7.75. The summed E-state index contributed by atoms with van der Waals surface area (Å²) in [6.45, 7) is 7.55. The molecular formula is C8H16N2OS. The summed E-state index contributed by atoms with van der Waals surface area (Å²) in [4.78, 5) is 0. The minimum Gasteiger partial charge on any atom is -0.310 e. The molecule has 3 nitrogen and oxygen atoms in total. The second kappa shape index (κ2) is 4.05. The van der Waals surface area contributed by atoms with Crippen LogP contribution in [0.3, 0.4) is 0 Å². The molecule has 0 aromatic rings. The van der Waals surface area contributed by atoms with Crippen molar-refractivity contribution in [2.45, 2.75) is 6.92 Å². The summed E-state index contributed by atoms with van der Waals surface area (Å²) in [6, 6.07) is 0. The zero-order valence-corrected chi connectivity index (χ0v) is 8.56. The molecule has 1 saturated heterocycles. The quantitative estimate of drug-likeness (QED) is 0.596. The molecule has 0 aromatic heterocycles. The van der Waals surface area contributed by atoms with Gasteiger partial charge in [0, 0.05) is 48.1 Å². The van der Waals surface area contributed by atoms with Crippen molar-refractivity contribution in [2.75, 3.05) is 31.6 Å². The van der Waals surface area contributed by atoms with Gasteiger partial charge >= 0.3 is 0 Å². The molecule has 1 aliphatic heterocycles. The number of hydrogen-bond acceptors (Lipinski definition) is 3. The first-order valence-electron chi connectivity index (χ1n) is 4.10. The minimum absolute atomic E-state index is 0.640. The number of nitrogens with zero attached hydrogens (tertiary/aromatic N) is 2. The van der Waals surface area contributed by atoms with Crippen molar-refractivity contribution >= 4 is 10.8 Å². The molecule has 4 heteroatoms. The van der Waals surface area contributed by atoms with E-state index in [0.717, 1.165) is 30.3 Å². The van der Waals surface area contributed by atoms with Crippen LogP contribution in [0.2, 0.25) is 0 Å². The largest absolute Gasteiger partial charge is 0.310 e. The maximum absolute atomic E-state index is 11.2. The lowest BCUT2D eigenvalue weighted by atomic mass is 10.5. The molecule has 0 saturated carbocycles. The minimum atomic E-state index is -0.640. The second-order valence-electron chi connectivity index (χ2n) is 3.09. The van der Waals surface area contributed by atoms with Gasteiger partial charge in [-0.25, -0.2) is 5.01 Å². The van der Waals surface area contributed by atoms with Crippen LogP contribution in [0.25, 0.3) is 0 Å². The highest BCUT2D eigenvalue weighted by Crippen LogP contribution is 2.07. The van der Waals surface area contributed by atoms with Gasteiger partial charge in [-0.05, 0) is 6.92 Å². The van der Waals surface area contributed by atoms with E-state index < -0.39 is 10.8 Å². The maximum atomic E-state index is 11.2. The molecule has 70 valence electrons. The Balaban J connectivity index is 2.62. The third-order valence-electron chi connectivity index (χ3n) is 2.03. The van der Waals surface area contributed by atoms with Crippen molar-refractivity contribution in [1.29, 1.82) is 0 Å². The van der Waals surface area contributed by atoms with Gasteiger partial charge in [-0.15, -0.1) is 0 Å². The molecule has 1 unspecified atom stereocenters. The monoisotopic (exact) mass is 188 g/mol. The molecule has 0 radical (unpaired) electrons. The first-order valence-corrected chi connectivity index (χ1v) is 5.59. The number of hydrogen-bond donors (Lipinski definition) is 0. The summed E-state index contributed by atoms with van der Waals surface area (Å²) in [7, 11) is 1.37. The molecule has 0 bridgehead atoms. The highest BCUT2D eigenvalue weighted by atomic mass is 32.2. The Morgan fingerprint density at radius 1 is 1.42 bits per heavy atom. The van der Waals surface area contributed by atoms with Crippen LogP contribution in [0.1, 0.15) is 6.92 Å². The maximum Gasteiger partial charge on any atom is 0.0458 e. The Labute approximate surface area is 76.5 Å². The second-order valence-corrected chi connectivity index (χ2v) is 4.78. The molecule has 0 aliphatic carbocycles. The van der Waals surface area contributed by atoms with E-state index in [2.05, 4.69) is 16.6 Å². The van der Waals surface area contributed by atoms with Gasteiger partial charge in [-0.1, -0.05) is 6.58 Å². The van der Waals surface area contributed by atoms with Crippen molar-refractivity contribution in [3.05, 3.63) is 12.3 Å². The molecule has 0 amide bonds. The fraction of sp³-hybridized carbons (Fsp3) is 0.750. The Morgan fingerprint density at radius 2 is 2.00 bits per heavy atom. The molecule has 1 atom stereocenters. The molecule has 1 fully saturated rings. The van der Waals surface area contributed by atoms with E-state index in [-0.39, 0.29) is 0 Å². The number of rotatable bonds is 1. The van der Waals surface area contributed by atoms with E-state index in [0.29, 0.717) is 0 Å². The summed E-state index contributed by atoms with van der Waals surface area (Å²) >= 11 is 0. The summed E-state index contributed by atoms with van der Waals surface area (Å²) in [5.41, 5.74) is 1.02. The predicted molar refractivity (Wildman–Crippen MR) is 52.0 cm³/mol. The van der Waals surface area contributed by atoms with Gasteiger partial charge in [0.05, 0.1) is 0 Å². The molecule has 1 aliphatic rings. The van der Waals surface area contributed by atoms with Crippen molar-refractivity contribution in [2.24, 2.45) is 0 Å². The summed E-state index contributed by atoms with van der Waals surface area (Å²) in [6.07, 6.45) is 0. The van der Waals surface area contributed by atoms with E-state index in [1.807, 2.05) is 14.0 Å². The molecule has 0 spiro atoms. The van der Waals surface area contributed by atoms with Crippen LogP contribution in [-0.2, 0) is 10.8 Å². The van der Waals surface area contributed by atoms with E-state index in [4.69, 9.17) is 0 Å². The van der Waals surface area contributed by atoms with Crippen LogP contribution in [-0.4, -0.2) is 45.9 Å². The Hall–Kier alpha value is -0.350. The number of hydrazine groups is 1. The highest BCUT2D eigenvalue weighted by Gasteiger charge is 2.16. The lowest BCUT2D eigenvalue weighted by Crippen LogP contribution is -2.38. The Bertz CT molecular complexity index is 205. The van der Waals surface area contributed by atoms with Crippen LogP contribution in [0, 0.1) is 0 Å². The van der Waals surface area contributed by atoms with Gasteiger partial charge in [0.15, 0.2) is 0 Å². The van der Waals surface area contributed by atoms with Gasteiger partial charge < -0.3 is 5.01 Å². The smallest absolute Gasteiger partial charge is 0.0458 e. The third kappa shape index (κ3) is 2.32. The summed E-state index contributed by atoms with van der Waals surface area (Å²) in [5, 5.41) is 4.18.